The molecule has 0 bridgehead atoms. The molecule has 1 aromatic carbocycles. The van der Waals surface area contributed by atoms with Crippen molar-refractivity contribution in [3.05, 3.63) is 46.8 Å². The van der Waals surface area contributed by atoms with Crippen LogP contribution in [0.5, 0.6) is 0 Å². The van der Waals surface area contributed by atoms with Crippen LogP contribution >= 0.6 is 0 Å². The highest BCUT2D eigenvalue weighted by Gasteiger charge is 2.11. The van der Waals surface area contributed by atoms with Gasteiger partial charge in [0.1, 0.15) is 0 Å². The van der Waals surface area contributed by atoms with Gasteiger partial charge in [-0.05, 0) is 50.3 Å². The van der Waals surface area contributed by atoms with E-state index in [2.05, 4.69) is 40.5 Å². The van der Waals surface area contributed by atoms with E-state index in [-0.39, 0.29) is 5.91 Å². The van der Waals surface area contributed by atoms with Gasteiger partial charge in [0.05, 0.1) is 0 Å². The number of nitrogens with one attached hydrogen (secondary N) is 2. The van der Waals surface area contributed by atoms with Gasteiger partial charge in [-0.2, -0.15) is 0 Å². The van der Waals surface area contributed by atoms with Crippen LogP contribution in [-0.4, -0.2) is 22.4 Å². The van der Waals surface area contributed by atoms with E-state index < -0.39 is 0 Å². The fourth-order valence-corrected chi connectivity index (χ4v) is 2.80. The first kappa shape index (κ1) is 18.9. The van der Waals surface area contributed by atoms with Gasteiger partial charge in [0.25, 0.3) is 0 Å². The van der Waals surface area contributed by atoms with Crippen molar-refractivity contribution in [1.29, 1.82) is 0 Å². The molecule has 5 nitrogen and oxygen atoms in total. The molecular weight excluding hydrogens is 312 g/mol. The normalized spacial score (nSPS) is 10.8. The molecule has 0 unspecified atom stereocenters. The van der Waals surface area contributed by atoms with Gasteiger partial charge in [0.2, 0.25) is 11.9 Å². The number of para-hydroxylation sites is 1. The topological polar surface area (TPSA) is 66.9 Å². The predicted octanol–water partition coefficient (Wildman–Crippen LogP) is 4.36. The Morgan fingerprint density at radius 3 is 2.44 bits per heavy atom. The van der Waals surface area contributed by atoms with Gasteiger partial charge >= 0.3 is 0 Å². The van der Waals surface area contributed by atoms with Crippen LogP contribution in [0.15, 0.2) is 24.3 Å². The van der Waals surface area contributed by atoms with E-state index in [1.165, 1.54) is 5.56 Å². The molecular formula is C20H28N4O. The SMILES string of the molecule is Cc1cc(C)nc(NCCCC(=O)Nc2c(C)cccc2C(C)C)n1. The van der Waals surface area contributed by atoms with Crippen molar-refractivity contribution in [3.8, 4) is 0 Å². The molecule has 1 heterocycles. The lowest BCUT2D eigenvalue weighted by molar-refractivity contribution is -0.116. The molecule has 0 saturated carbocycles. The van der Waals surface area contributed by atoms with E-state index in [0.717, 1.165) is 29.1 Å². The van der Waals surface area contributed by atoms with Crippen LogP contribution in [0.2, 0.25) is 0 Å². The van der Waals surface area contributed by atoms with Gasteiger partial charge in [-0.1, -0.05) is 32.0 Å². The van der Waals surface area contributed by atoms with Crippen molar-refractivity contribution >= 4 is 17.5 Å². The lowest BCUT2D eigenvalue weighted by Crippen LogP contribution is -2.16. The van der Waals surface area contributed by atoms with Gasteiger partial charge in [0.15, 0.2) is 0 Å². The summed E-state index contributed by atoms with van der Waals surface area (Å²) in [5, 5.41) is 6.26. The number of nitrogens with zero attached hydrogens (tertiary/aromatic N) is 2. The van der Waals surface area contributed by atoms with Crippen LogP contribution in [0.25, 0.3) is 0 Å². The Morgan fingerprint density at radius 2 is 1.80 bits per heavy atom. The minimum Gasteiger partial charge on any atom is -0.354 e. The molecule has 0 radical (unpaired) electrons. The summed E-state index contributed by atoms with van der Waals surface area (Å²) >= 11 is 0. The Bertz CT molecular complexity index is 720. The largest absolute Gasteiger partial charge is 0.354 e. The summed E-state index contributed by atoms with van der Waals surface area (Å²) in [6.45, 7) is 10.9. The van der Waals surface area contributed by atoms with Crippen molar-refractivity contribution in [3.63, 3.8) is 0 Å². The van der Waals surface area contributed by atoms with Gasteiger partial charge in [-0.25, -0.2) is 9.97 Å². The standard InChI is InChI=1S/C20H28N4O/c1-13(2)17-9-6-8-14(3)19(17)24-18(25)10-7-11-21-20-22-15(4)12-16(5)23-20/h6,8-9,12-13H,7,10-11H2,1-5H3,(H,24,25)(H,21,22,23). The second-order valence-corrected chi connectivity index (χ2v) is 6.75. The summed E-state index contributed by atoms with van der Waals surface area (Å²) < 4.78 is 0. The van der Waals surface area contributed by atoms with Gasteiger partial charge in [0, 0.05) is 30.0 Å². The number of benzene rings is 1. The maximum Gasteiger partial charge on any atom is 0.224 e. The highest BCUT2D eigenvalue weighted by atomic mass is 16.1. The van der Waals surface area contributed by atoms with Crippen molar-refractivity contribution in [1.82, 2.24) is 9.97 Å². The number of hydrogen-bond acceptors (Lipinski definition) is 4. The number of aromatic nitrogens is 2. The van der Waals surface area contributed by atoms with Crippen LogP contribution in [0.1, 0.15) is 55.1 Å². The molecule has 5 heteroatoms. The minimum absolute atomic E-state index is 0.0411. The molecule has 0 atom stereocenters. The van der Waals surface area contributed by atoms with Crippen molar-refractivity contribution in [2.45, 2.75) is 53.4 Å². The quantitative estimate of drug-likeness (QED) is 0.735. The van der Waals surface area contributed by atoms with E-state index in [4.69, 9.17) is 0 Å². The van der Waals surface area contributed by atoms with Gasteiger partial charge in [-0.15, -0.1) is 0 Å². The Balaban J connectivity index is 1.85. The first-order valence-electron chi connectivity index (χ1n) is 8.82. The van der Waals surface area contributed by atoms with Crippen LogP contribution in [0, 0.1) is 20.8 Å². The predicted molar refractivity (Wildman–Crippen MR) is 103 cm³/mol. The summed E-state index contributed by atoms with van der Waals surface area (Å²) in [6, 6.07) is 8.08. The average Bonchev–Trinajstić information content (AvgIpc) is 2.52. The third-order valence-electron chi connectivity index (χ3n) is 4.04. The molecule has 134 valence electrons. The van der Waals surface area contributed by atoms with Crippen molar-refractivity contribution < 1.29 is 4.79 Å². The maximum atomic E-state index is 12.3. The molecule has 1 amide bonds. The van der Waals surface area contributed by atoms with E-state index in [0.29, 0.717) is 24.8 Å². The molecule has 2 N–H and O–H groups in total. The highest BCUT2D eigenvalue weighted by molar-refractivity contribution is 5.92. The van der Waals surface area contributed by atoms with E-state index >= 15 is 0 Å². The first-order valence-corrected chi connectivity index (χ1v) is 8.82. The monoisotopic (exact) mass is 340 g/mol. The number of carbonyl (C=O) groups excluding carboxylic acids is 1. The molecule has 0 fully saturated rings. The zero-order valence-corrected chi connectivity index (χ0v) is 15.8. The molecule has 0 spiro atoms. The molecule has 0 aliphatic heterocycles. The maximum absolute atomic E-state index is 12.3. The zero-order valence-electron chi connectivity index (χ0n) is 15.8. The average molecular weight is 340 g/mol. The summed E-state index contributed by atoms with van der Waals surface area (Å²) in [7, 11) is 0. The Morgan fingerprint density at radius 1 is 1.12 bits per heavy atom. The Labute approximate surface area is 150 Å². The number of hydrogen-bond donors (Lipinski definition) is 2. The fourth-order valence-electron chi connectivity index (χ4n) is 2.80. The lowest BCUT2D eigenvalue weighted by atomic mass is 9.98. The smallest absolute Gasteiger partial charge is 0.224 e. The molecule has 0 aliphatic rings. The number of amides is 1. The van der Waals surface area contributed by atoms with Crippen molar-refractivity contribution in [2.75, 3.05) is 17.2 Å². The molecule has 1 aromatic heterocycles. The molecule has 0 aliphatic carbocycles. The van der Waals surface area contributed by atoms with Crippen molar-refractivity contribution in [2.24, 2.45) is 0 Å². The minimum atomic E-state index is 0.0411. The molecule has 2 rings (SSSR count). The number of anilines is 2. The second kappa shape index (κ2) is 8.60. The second-order valence-electron chi connectivity index (χ2n) is 6.75. The summed E-state index contributed by atoms with van der Waals surface area (Å²) in [5.74, 6) is 1.04. The summed E-state index contributed by atoms with van der Waals surface area (Å²) in [4.78, 5) is 21.0. The van der Waals surface area contributed by atoms with Gasteiger partial charge < -0.3 is 10.6 Å². The summed E-state index contributed by atoms with van der Waals surface area (Å²) in [6.07, 6.45) is 1.19. The molecule has 25 heavy (non-hydrogen) atoms. The van der Waals surface area contributed by atoms with Crippen LogP contribution < -0.4 is 10.6 Å². The van der Waals surface area contributed by atoms with E-state index in [1.807, 2.05) is 39.0 Å². The number of carbonyl (C=O) groups is 1. The van der Waals surface area contributed by atoms with Crippen LogP contribution in [0.4, 0.5) is 11.6 Å². The third kappa shape index (κ3) is 5.55. The van der Waals surface area contributed by atoms with Crippen LogP contribution in [0.3, 0.4) is 0 Å². The first-order chi connectivity index (χ1) is 11.9. The number of aryl methyl sites for hydroxylation is 3. The Kier molecular flexibility index (Phi) is 6.51. The third-order valence-corrected chi connectivity index (χ3v) is 4.04. The van der Waals surface area contributed by atoms with E-state index in [9.17, 15) is 4.79 Å². The van der Waals surface area contributed by atoms with Gasteiger partial charge in [-0.3, -0.25) is 4.79 Å². The molecule has 2 aromatic rings. The Hall–Kier alpha value is -2.43. The van der Waals surface area contributed by atoms with Crippen LogP contribution in [-0.2, 0) is 4.79 Å². The number of rotatable bonds is 7. The lowest BCUT2D eigenvalue weighted by Gasteiger charge is -2.16. The highest BCUT2D eigenvalue weighted by Crippen LogP contribution is 2.27. The summed E-state index contributed by atoms with van der Waals surface area (Å²) in [5.41, 5.74) is 5.10. The fraction of sp³-hybridized carbons (Fsp3) is 0.450. The van der Waals surface area contributed by atoms with E-state index in [1.54, 1.807) is 0 Å². The molecule has 0 saturated heterocycles. The zero-order chi connectivity index (χ0) is 18.4.